The van der Waals surface area contributed by atoms with Crippen LogP contribution in [0.4, 0.5) is 4.39 Å². The Labute approximate surface area is 113 Å². The van der Waals surface area contributed by atoms with Gasteiger partial charge < -0.3 is 9.84 Å². The lowest BCUT2D eigenvalue weighted by Crippen LogP contribution is -2.02. The highest BCUT2D eigenvalue weighted by molar-refractivity contribution is 6.30. The first-order valence-electron chi connectivity index (χ1n) is 5.29. The molecule has 0 spiro atoms. The number of hydrogen-bond donors (Lipinski definition) is 1. The maximum atomic E-state index is 13.2. The molecule has 0 aliphatic heterocycles. The number of carboxylic acids is 1. The molecule has 2 aromatic rings. The average molecular weight is 285 g/mol. The van der Waals surface area contributed by atoms with Gasteiger partial charge in [-0.15, -0.1) is 0 Å². The zero-order chi connectivity index (χ0) is 14.2. The van der Waals surface area contributed by atoms with Crippen LogP contribution >= 0.6 is 11.6 Å². The van der Waals surface area contributed by atoms with Crippen molar-refractivity contribution < 1.29 is 19.0 Å². The maximum Gasteiger partial charge on any atom is 0.343 e. The Balaban J connectivity index is 2.46. The van der Waals surface area contributed by atoms with E-state index in [0.717, 1.165) is 12.1 Å². The first-order valence-corrected chi connectivity index (χ1v) is 5.67. The van der Waals surface area contributed by atoms with E-state index in [2.05, 4.69) is 5.10 Å². The average Bonchev–Trinajstić information content (AvgIpc) is 2.52. The number of halogens is 2. The Morgan fingerprint density at radius 1 is 1.47 bits per heavy atom. The topological polar surface area (TPSA) is 64.4 Å². The van der Waals surface area contributed by atoms with E-state index in [0.29, 0.717) is 5.69 Å². The molecule has 19 heavy (non-hydrogen) atoms. The standard InChI is InChI=1S/C12H10ClFN2O3/c1-6-10(12(17)18)11(16(2)15-6)19-9-4-7(13)3-8(14)5-9/h3-5H,1-2H3,(H,17,18). The van der Waals surface area contributed by atoms with Crippen LogP contribution < -0.4 is 4.74 Å². The van der Waals surface area contributed by atoms with Crippen LogP contribution in [-0.4, -0.2) is 20.9 Å². The number of aromatic nitrogens is 2. The van der Waals surface area contributed by atoms with E-state index in [-0.39, 0.29) is 22.2 Å². The van der Waals surface area contributed by atoms with E-state index in [1.165, 1.54) is 17.8 Å². The lowest BCUT2D eigenvalue weighted by Gasteiger charge is -2.07. The summed E-state index contributed by atoms with van der Waals surface area (Å²) >= 11 is 5.70. The lowest BCUT2D eigenvalue weighted by molar-refractivity contribution is 0.0693. The second-order valence-electron chi connectivity index (χ2n) is 3.90. The second-order valence-corrected chi connectivity index (χ2v) is 4.34. The lowest BCUT2D eigenvalue weighted by atomic mass is 10.2. The van der Waals surface area contributed by atoms with Gasteiger partial charge in [-0.3, -0.25) is 0 Å². The predicted molar refractivity (Wildman–Crippen MR) is 66.4 cm³/mol. The molecule has 2 rings (SSSR count). The number of carbonyl (C=O) groups is 1. The van der Waals surface area contributed by atoms with Crippen molar-refractivity contribution in [1.29, 1.82) is 0 Å². The molecule has 0 saturated carbocycles. The van der Waals surface area contributed by atoms with Crippen LogP contribution in [0, 0.1) is 12.7 Å². The molecule has 5 nitrogen and oxygen atoms in total. The number of aromatic carboxylic acids is 1. The molecule has 0 saturated heterocycles. The highest BCUT2D eigenvalue weighted by atomic mass is 35.5. The minimum Gasteiger partial charge on any atom is -0.477 e. The van der Waals surface area contributed by atoms with E-state index in [1.54, 1.807) is 6.92 Å². The van der Waals surface area contributed by atoms with Gasteiger partial charge in [0.15, 0.2) is 0 Å². The van der Waals surface area contributed by atoms with Crippen LogP contribution in [-0.2, 0) is 7.05 Å². The van der Waals surface area contributed by atoms with Crippen LogP contribution in [0.15, 0.2) is 18.2 Å². The van der Waals surface area contributed by atoms with Gasteiger partial charge in [0, 0.05) is 18.1 Å². The van der Waals surface area contributed by atoms with Gasteiger partial charge in [0.25, 0.3) is 0 Å². The molecule has 0 radical (unpaired) electrons. The first-order chi connectivity index (χ1) is 8.88. The van der Waals surface area contributed by atoms with Crippen molar-refractivity contribution in [3.8, 4) is 11.6 Å². The summed E-state index contributed by atoms with van der Waals surface area (Å²) in [7, 11) is 1.54. The number of hydrogen-bond acceptors (Lipinski definition) is 3. The van der Waals surface area contributed by atoms with Crippen molar-refractivity contribution in [2.45, 2.75) is 6.92 Å². The fraction of sp³-hybridized carbons (Fsp3) is 0.167. The predicted octanol–water partition coefficient (Wildman–Crippen LogP) is 3.01. The number of rotatable bonds is 3. The SMILES string of the molecule is Cc1nn(C)c(Oc2cc(F)cc(Cl)c2)c1C(=O)O. The molecule has 0 fully saturated rings. The largest absolute Gasteiger partial charge is 0.477 e. The van der Waals surface area contributed by atoms with Crippen molar-refractivity contribution in [1.82, 2.24) is 9.78 Å². The Hall–Kier alpha value is -2.08. The Kier molecular flexibility index (Phi) is 3.44. The molecule has 0 aliphatic carbocycles. The van der Waals surface area contributed by atoms with Crippen molar-refractivity contribution in [2.75, 3.05) is 0 Å². The van der Waals surface area contributed by atoms with E-state index in [1.807, 2.05) is 0 Å². The van der Waals surface area contributed by atoms with E-state index in [9.17, 15) is 9.18 Å². The van der Waals surface area contributed by atoms with E-state index in [4.69, 9.17) is 21.4 Å². The smallest absolute Gasteiger partial charge is 0.343 e. The Morgan fingerprint density at radius 2 is 2.16 bits per heavy atom. The molecule has 100 valence electrons. The van der Waals surface area contributed by atoms with Gasteiger partial charge >= 0.3 is 5.97 Å². The maximum absolute atomic E-state index is 13.2. The normalized spacial score (nSPS) is 10.5. The molecule has 0 amide bonds. The first kappa shape index (κ1) is 13.4. The van der Waals surface area contributed by atoms with Crippen LogP contribution in [0.2, 0.25) is 5.02 Å². The van der Waals surface area contributed by atoms with Gasteiger partial charge in [-0.2, -0.15) is 5.10 Å². The summed E-state index contributed by atoms with van der Waals surface area (Å²) < 4.78 is 19.8. The second kappa shape index (κ2) is 4.89. The highest BCUT2D eigenvalue weighted by Crippen LogP contribution is 2.29. The molecule has 1 heterocycles. The van der Waals surface area contributed by atoms with Crippen LogP contribution in [0.3, 0.4) is 0 Å². The van der Waals surface area contributed by atoms with Crippen molar-refractivity contribution in [3.05, 3.63) is 40.3 Å². The molecular formula is C12H10ClFN2O3. The summed E-state index contributed by atoms with van der Waals surface area (Å²) in [6.07, 6.45) is 0. The van der Waals surface area contributed by atoms with Crippen molar-refractivity contribution >= 4 is 17.6 Å². The minimum atomic E-state index is -1.16. The summed E-state index contributed by atoms with van der Waals surface area (Å²) in [4.78, 5) is 11.1. The third-order valence-electron chi connectivity index (χ3n) is 2.43. The number of nitrogens with zero attached hydrogens (tertiary/aromatic N) is 2. The fourth-order valence-corrected chi connectivity index (χ4v) is 1.91. The molecule has 1 aromatic carbocycles. The van der Waals surface area contributed by atoms with E-state index < -0.39 is 11.8 Å². The minimum absolute atomic E-state index is 0.0201. The summed E-state index contributed by atoms with van der Waals surface area (Å²) in [5, 5.41) is 13.2. The van der Waals surface area contributed by atoms with Gasteiger partial charge in [-0.1, -0.05) is 11.6 Å². The van der Waals surface area contributed by atoms with Gasteiger partial charge in [0.1, 0.15) is 17.1 Å². The highest BCUT2D eigenvalue weighted by Gasteiger charge is 2.21. The zero-order valence-corrected chi connectivity index (χ0v) is 10.9. The van der Waals surface area contributed by atoms with Gasteiger partial charge in [0.05, 0.1) is 5.69 Å². The molecule has 0 unspecified atom stereocenters. The van der Waals surface area contributed by atoms with Crippen LogP contribution in [0.1, 0.15) is 16.1 Å². The molecule has 0 aliphatic rings. The summed E-state index contributed by atoms with van der Waals surface area (Å²) in [5.41, 5.74) is 0.246. The van der Waals surface area contributed by atoms with Crippen molar-refractivity contribution in [3.63, 3.8) is 0 Å². The zero-order valence-electron chi connectivity index (χ0n) is 10.1. The Morgan fingerprint density at radius 3 is 2.74 bits per heavy atom. The molecular weight excluding hydrogens is 275 g/mol. The fourth-order valence-electron chi connectivity index (χ4n) is 1.70. The molecule has 0 atom stereocenters. The van der Waals surface area contributed by atoms with Gasteiger partial charge in [-0.25, -0.2) is 13.9 Å². The quantitative estimate of drug-likeness (QED) is 0.941. The summed E-state index contributed by atoms with van der Waals surface area (Å²) in [5.74, 6) is -1.61. The number of carboxylic acid groups (broad SMARTS) is 1. The van der Waals surface area contributed by atoms with Crippen LogP contribution in [0.5, 0.6) is 11.6 Å². The van der Waals surface area contributed by atoms with Crippen LogP contribution in [0.25, 0.3) is 0 Å². The van der Waals surface area contributed by atoms with Crippen molar-refractivity contribution in [2.24, 2.45) is 7.05 Å². The van der Waals surface area contributed by atoms with Gasteiger partial charge in [0.2, 0.25) is 5.88 Å². The monoisotopic (exact) mass is 284 g/mol. The van der Waals surface area contributed by atoms with Gasteiger partial charge in [-0.05, 0) is 19.1 Å². The third-order valence-corrected chi connectivity index (χ3v) is 2.65. The number of benzene rings is 1. The molecule has 0 bridgehead atoms. The summed E-state index contributed by atoms with van der Waals surface area (Å²) in [6, 6.07) is 3.62. The third kappa shape index (κ3) is 2.68. The molecule has 1 aromatic heterocycles. The number of ether oxygens (including phenoxy) is 1. The molecule has 7 heteroatoms. The number of aryl methyl sites for hydroxylation is 2. The molecule has 1 N–H and O–H groups in total. The Bertz CT molecular complexity index is 634. The van der Waals surface area contributed by atoms with E-state index >= 15 is 0 Å². The summed E-state index contributed by atoms with van der Waals surface area (Å²) in [6.45, 7) is 1.55.